The van der Waals surface area contributed by atoms with E-state index in [1.54, 1.807) is 6.07 Å². The maximum Gasteiger partial charge on any atom is 0.134 e. The SMILES string of the molecule is Cn1cccc1C(=NO)c1ccc(Nc2ccccc2N)cc1Cl. The lowest BCUT2D eigenvalue weighted by Crippen LogP contribution is -2.09. The fourth-order valence-electron chi connectivity index (χ4n) is 2.50. The molecule has 3 aromatic rings. The summed E-state index contributed by atoms with van der Waals surface area (Å²) in [5.74, 6) is 0. The second kappa shape index (κ2) is 6.68. The average Bonchev–Trinajstić information content (AvgIpc) is 2.98. The summed E-state index contributed by atoms with van der Waals surface area (Å²) in [5, 5.41) is 16.5. The van der Waals surface area contributed by atoms with Gasteiger partial charge in [0.05, 0.1) is 22.1 Å². The molecule has 0 aliphatic carbocycles. The number of aromatic nitrogens is 1. The van der Waals surface area contributed by atoms with E-state index in [0.29, 0.717) is 22.0 Å². The maximum atomic E-state index is 9.42. The van der Waals surface area contributed by atoms with Crippen molar-refractivity contribution in [1.29, 1.82) is 0 Å². The van der Waals surface area contributed by atoms with Crippen molar-refractivity contribution in [1.82, 2.24) is 4.57 Å². The Morgan fingerprint density at radius 1 is 1.17 bits per heavy atom. The maximum absolute atomic E-state index is 9.42. The first-order chi connectivity index (χ1) is 11.6. The number of nitrogens with one attached hydrogen (secondary N) is 1. The van der Waals surface area contributed by atoms with Crippen LogP contribution in [0.4, 0.5) is 17.1 Å². The molecule has 122 valence electrons. The van der Waals surface area contributed by atoms with Crippen molar-refractivity contribution in [2.75, 3.05) is 11.1 Å². The average molecular weight is 341 g/mol. The number of hydrogen-bond donors (Lipinski definition) is 3. The molecule has 0 spiro atoms. The van der Waals surface area contributed by atoms with Crippen LogP contribution in [0.1, 0.15) is 11.3 Å². The molecule has 0 aliphatic heterocycles. The van der Waals surface area contributed by atoms with E-state index in [2.05, 4.69) is 10.5 Å². The van der Waals surface area contributed by atoms with E-state index in [1.807, 2.05) is 66.3 Å². The molecule has 3 rings (SSSR count). The van der Waals surface area contributed by atoms with Gasteiger partial charge in [-0.05, 0) is 42.5 Å². The molecule has 0 radical (unpaired) electrons. The van der Waals surface area contributed by atoms with Crippen LogP contribution in [0.5, 0.6) is 0 Å². The van der Waals surface area contributed by atoms with Crippen LogP contribution in [0, 0.1) is 0 Å². The predicted octanol–water partition coefficient (Wildman–Crippen LogP) is 4.23. The van der Waals surface area contributed by atoms with Crippen molar-refractivity contribution in [3.63, 3.8) is 0 Å². The number of rotatable bonds is 4. The molecule has 5 nitrogen and oxygen atoms in total. The van der Waals surface area contributed by atoms with Crippen molar-refractivity contribution in [2.24, 2.45) is 12.2 Å². The zero-order valence-electron chi connectivity index (χ0n) is 13.1. The molecule has 0 amide bonds. The van der Waals surface area contributed by atoms with Gasteiger partial charge in [0.2, 0.25) is 0 Å². The second-order valence-corrected chi connectivity index (χ2v) is 5.77. The summed E-state index contributed by atoms with van der Waals surface area (Å²) < 4.78 is 1.86. The van der Waals surface area contributed by atoms with E-state index in [1.165, 1.54) is 0 Å². The largest absolute Gasteiger partial charge is 0.410 e. The minimum atomic E-state index is 0.415. The van der Waals surface area contributed by atoms with E-state index in [-0.39, 0.29) is 0 Å². The van der Waals surface area contributed by atoms with Crippen LogP contribution in [0.2, 0.25) is 5.02 Å². The Morgan fingerprint density at radius 3 is 2.58 bits per heavy atom. The van der Waals surface area contributed by atoms with Crippen LogP contribution in [0.3, 0.4) is 0 Å². The van der Waals surface area contributed by atoms with Gasteiger partial charge in [0.15, 0.2) is 0 Å². The number of para-hydroxylation sites is 2. The van der Waals surface area contributed by atoms with E-state index in [4.69, 9.17) is 17.3 Å². The fourth-order valence-corrected chi connectivity index (χ4v) is 2.77. The first-order valence-corrected chi connectivity index (χ1v) is 7.73. The lowest BCUT2D eigenvalue weighted by atomic mass is 10.1. The number of anilines is 3. The number of nitrogens with zero attached hydrogens (tertiary/aromatic N) is 2. The summed E-state index contributed by atoms with van der Waals surface area (Å²) in [4.78, 5) is 0. The van der Waals surface area contributed by atoms with Crippen molar-refractivity contribution in [3.05, 3.63) is 77.1 Å². The number of halogens is 1. The van der Waals surface area contributed by atoms with Gasteiger partial charge in [-0.25, -0.2) is 0 Å². The lowest BCUT2D eigenvalue weighted by molar-refractivity contribution is 0.319. The molecular formula is C18H17ClN4O. The molecule has 4 N–H and O–H groups in total. The molecule has 24 heavy (non-hydrogen) atoms. The first-order valence-electron chi connectivity index (χ1n) is 7.35. The first kappa shape index (κ1) is 16.0. The molecule has 0 saturated heterocycles. The number of nitrogen functional groups attached to an aromatic ring is 1. The third-order valence-corrected chi connectivity index (χ3v) is 4.06. The van der Waals surface area contributed by atoms with E-state index >= 15 is 0 Å². The zero-order chi connectivity index (χ0) is 17.1. The highest BCUT2D eigenvalue weighted by Crippen LogP contribution is 2.28. The van der Waals surface area contributed by atoms with Crippen LogP contribution in [0.25, 0.3) is 0 Å². The molecule has 2 aromatic carbocycles. The molecule has 6 heteroatoms. The number of benzene rings is 2. The molecule has 1 heterocycles. The molecule has 1 aromatic heterocycles. The van der Waals surface area contributed by atoms with Gasteiger partial charge >= 0.3 is 0 Å². The number of oxime groups is 1. The zero-order valence-corrected chi connectivity index (χ0v) is 13.8. The molecule has 0 aliphatic rings. The molecular weight excluding hydrogens is 324 g/mol. The normalized spacial score (nSPS) is 11.5. The van der Waals surface area contributed by atoms with Crippen LogP contribution in [-0.4, -0.2) is 15.5 Å². The van der Waals surface area contributed by atoms with Gasteiger partial charge in [0, 0.05) is 24.5 Å². The van der Waals surface area contributed by atoms with Gasteiger partial charge in [-0.1, -0.05) is 28.9 Å². The smallest absolute Gasteiger partial charge is 0.134 e. The Morgan fingerprint density at radius 2 is 1.96 bits per heavy atom. The van der Waals surface area contributed by atoms with Crippen molar-refractivity contribution in [3.8, 4) is 0 Å². The standard InChI is InChI=1S/C18H17ClN4O/c1-23-10-4-7-17(23)18(22-24)13-9-8-12(11-14(13)19)21-16-6-3-2-5-15(16)20/h2-11,21,24H,20H2,1H3. The van der Waals surface area contributed by atoms with Gasteiger partial charge in [-0.15, -0.1) is 0 Å². The predicted molar refractivity (Wildman–Crippen MR) is 98.4 cm³/mol. The molecule has 0 unspecified atom stereocenters. The van der Waals surface area contributed by atoms with Gasteiger partial charge in [0.1, 0.15) is 5.71 Å². The van der Waals surface area contributed by atoms with Crippen LogP contribution >= 0.6 is 11.6 Å². The second-order valence-electron chi connectivity index (χ2n) is 5.36. The van der Waals surface area contributed by atoms with Gasteiger partial charge in [-0.3, -0.25) is 0 Å². The topological polar surface area (TPSA) is 75.6 Å². The van der Waals surface area contributed by atoms with Crippen LogP contribution in [-0.2, 0) is 7.05 Å². The van der Waals surface area contributed by atoms with E-state index in [0.717, 1.165) is 17.1 Å². The van der Waals surface area contributed by atoms with Crippen molar-refractivity contribution >= 4 is 34.4 Å². The van der Waals surface area contributed by atoms with Crippen molar-refractivity contribution in [2.45, 2.75) is 0 Å². The monoisotopic (exact) mass is 340 g/mol. The Bertz CT molecular complexity index is 902. The quantitative estimate of drug-likeness (QED) is 0.288. The number of aryl methyl sites for hydroxylation is 1. The number of hydrogen-bond acceptors (Lipinski definition) is 4. The Labute approximate surface area is 145 Å². The fraction of sp³-hybridized carbons (Fsp3) is 0.0556. The van der Waals surface area contributed by atoms with Gasteiger partial charge in [-0.2, -0.15) is 0 Å². The van der Waals surface area contributed by atoms with Gasteiger partial charge < -0.3 is 20.8 Å². The Hall–Kier alpha value is -2.92. The van der Waals surface area contributed by atoms with E-state index < -0.39 is 0 Å². The summed E-state index contributed by atoms with van der Waals surface area (Å²) in [7, 11) is 1.88. The highest BCUT2D eigenvalue weighted by molar-refractivity contribution is 6.35. The summed E-state index contributed by atoms with van der Waals surface area (Å²) >= 11 is 6.41. The van der Waals surface area contributed by atoms with Gasteiger partial charge in [0.25, 0.3) is 0 Å². The summed E-state index contributed by atoms with van der Waals surface area (Å²) in [5.41, 5.74) is 10.0. The summed E-state index contributed by atoms with van der Waals surface area (Å²) in [6.07, 6.45) is 1.88. The molecule has 0 bridgehead atoms. The molecule has 0 fully saturated rings. The third kappa shape index (κ3) is 3.07. The number of nitrogens with two attached hydrogens (primary N) is 1. The van der Waals surface area contributed by atoms with Crippen molar-refractivity contribution < 1.29 is 5.21 Å². The third-order valence-electron chi connectivity index (χ3n) is 3.75. The molecule has 0 atom stereocenters. The highest BCUT2D eigenvalue weighted by atomic mass is 35.5. The Balaban J connectivity index is 1.93. The summed E-state index contributed by atoms with van der Waals surface area (Å²) in [6, 6.07) is 16.7. The van der Waals surface area contributed by atoms with Crippen LogP contribution in [0.15, 0.2) is 65.9 Å². The Kier molecular flexibility index (Phi) is 4.44. The van der Waals surface area contributed by atoms with E-state index in [9.17, 15) is 5.21 Å². The minimum absolute atomic E-state index is 0.415. The molecule has 0 saturated carbocycles. The summed E-state index contributed by atoms with van der Waals surface area (Å²) in [6.45, 7) is 0. The highest BCUT2D eigenvalue weighted by Gasteiger charge is 2.14. The minimum Gasteiger partial charge on any atom is -0.410 e. The van der Waals surface area contributed by atoms with Crippen LogP contribution < -0.4 is 11.1 Å². The lowest BCUT2D eigenvalue weighted by Gasteiger charge is -2.12.